The lowest BCUT2D eigenvalue weighted by molar-refractivity contribution is 0.0987. The summed E-state index contributed by atoms with van der Waals surface area (Å²) in [6.07, 6.45) is 6.00. The summed E-state index contributed by atoms with van der Waals surface area (Å²) < 4.78 is 7.04. The normalized spacial score (nSPS) is 14.9. The smallest absolute Gasteiger partial charge is 0.290 e. The second-order valence-electron chi connectivity index (χ2n) is 4.97. The van der Waals surface area contributed by atoms with Crippen molar-refractivity contribution < 1.29 is 9.32 Å². The van der Waals surface area contributed by atoms with E-state index in [1.165, 1.54) is 0 Å². The number of amides is 1. The fourth-order valence-electron chi connectivity index (χ4n) is 2.08. The van der Waals surface area contributed by atoms with Gasteiger partial charge in [-0.05, 0) is 12.8 Å². The van der Waals surface area contributed by atoms with Crippen molar-refractivity contribution in [2.75, 3.05) is 0 Å². The van der Waals surface area contributed by atoms with Gasteiger partial charge in [-0.25, -0.2) is 4.98 Å². The van der Waals surface area contributed by atoms with Crippen LogP contribution in [-0.4, -0.2) is 36.5 Å². The molecule has 0 atom stereocenters. The van der Waals surface area contributed by atoms with Crippen molar-refractivity contribution in [1.29, 1.82) is 0 Å². The molecule has 0 saturated heterocycles. The molecule has 2 aromatic heterocycles. The Morgan fingerprint density at radius 2 is 2.35 bits per heavy atom. The maximum atomic E-state index is 11.0. The summed E-state index contributed by atoms with van der Waals surface area (Å²) in [5.74, 6) is 0.626. The Labute approximate surface area is 115 Å². The minimum Gasteiger partial charge on any atom is -0.363 e. The SMILES string of the molecule is Cn1ccnc1CN(Cc1nc(C(N)=O)no1)C1CC1. The number of aromatic nitrogens is 4. The van der Waals surface area contributed by atoms with E-state index in [-0.39, 0.29) is 5.82 Å². The average Bonchev–Trinajstić information content (AvgIpc) is 3.02. The summed E-state index contributed by atoms with van der Waals surface area (Å²) in [4.78, 5) is 21.5. The molecule has 0 spiro atoms. The lowest BCUT2D eigenvalue weighted by Crippen LogP contribution is -2.26. The van der Waals surface area contributed by atoms with Gasteiger partial charge in [0, 0.05) is 25.5 Å². The number of hydrogen-bond donors (Lipinski definition) is 1. The molecule has 2 heterocycles. The van der Waals surface area contributed by atoms with E-state index >= 15 is 0 Å². The largest absolute Gasteiger partial charge is 0.363 e. The zero-order valence-electron chi connectivity index (χ0n) is 11.2. The summed E-state index contributed by atoms with van der Waals surface area (Å²) in [5, 5.41) is 3.55. The second-order valence-corrected chi connectivity index (χ2v) is 4.97. The number of rotatable bonds is 6. The van der Waals surface area contributed by atoms with E-state index in [0.29, 0.717) is 25.0 Å². The number of nitrogens with two attached hydrogens (primary N) is 1. The van der Waals surface area contributed by atoms with Crippen LogP contribution in [0.1, 0.15) is 35.2 Å². The van der Waals surface area contributed by atoms with Crippen molar-refractivity contribution in [1.82, 2.24) is 24.6 Å². The van der Waals surface area contributed by atoms with E-state index in [1.54, 1.807) is 6.20 Å². The predicted molar refractivity (Wildman–Crippen MR) is 68.3 cm³/mol. The third-order valence-electron chi connectivity index (χ3n) is 3.36. The van der Waals surface area contributed by atoms with Crippen LogP contribution < -0.4 is 5.73 Å². The van der Waals surface area contributed by atoms with Gasteiger partial charge in [0.25, 0.3) is 11.7 Å². The summed E-state index contributed by atoms with van der Waals surface area (Å²) in [5.41, 5.74) is 5.11. The third-order valence-corrected chi connectivity index (χ3v) is 3.36. The highest BCUT2D eigenvalue weighted by Crippen LogP contribution is 2.29. The van der Waals surface area contributed by atoms with E-state index < -0.39 is 5.91 Å². The molecule has 0 radical (unpaired) electrons. The number of primary amides is 1. The highest BCUT2D eigenvalue weighted by atomic mass is 16.5. The summed E-state index contributed by atoms with van der Waals surface area (Å²) in [7, 11) is 1.96. The Morgan fingerprint density at radius 1 is 1.55 bits per heavy atom. The van der Waals surface area contributed by atoms with Crippen molar-refractivity contribution in [3.63, 3.8) is 0 Å². The minimum atomic E-state index is -0.679. The Hall–Kier alpha value is -2.22. The molecule has 1 aliphatic rings. The molecule has 1 fully saturated rings. The molecular formula is C12H16N6O2. The fourth-order valence-corrected chi connectivity index (χ4v) is 2.08. The predicted octanol–water partition coefficient (Wildman–Crippen LogP) is 0.0666. The maximum Gasteiger partial charge on any atom is 0.290 e. The van der Waals surface area contributed by atoms with Crippen LogP contribution in [0.4, 0.5) is 0 Å². The molecule has 0 aliphatic heterocycles. The zero-order chi connectivity index (χ0) is 14.1. The van der Waals surface area contributed by atoms with Crippen molar-refractivity contribution in [3.05, 3.63) is 29.9 Å². The Morgan fingerprint density at radius 3 is 2.90 bits per heavy atom. The average molecular weight is 276 g/mol. The van der Waals surface area contributed by atoms with Gasteiger partial charge in [-0.2, -0.15) is 4.98 Å². The van der Waals surface area contributed by atoms with Crippen LogP contribution in [0.25, 0.3) is 0 Å². The molecule has 3 rings (SSSR count). The first-order chi connectivity index (χ1) is 9.63. The number of aryl methyl sites for hydroxylation is 1. The van der Waals surface area contributed by atoms with Crippen LogP contribution in [0.2, 0.25) is 0 Å². The highest BCUT2D eigenvalue weighted by Gasteiger charge is 2.31. The van der Waals surface area contributed by atoms with Crippen LogP contribution in [0.15, 0.2) is 16.9 Å². The molecular weight excluding hydrogens is 260 g/mol. The maximum absolute atomic E-state index is 11.0. The number of imidazole rings is 1. The first-order valence-corrected chi connectivity index (χ1v) is 6.46. The van der Waals surface area contributed by atoms with Crippen molar-refractivity contribution >= 4 is 5.91 Å². The van der Waals surface area contributed by atoms with Crippen molar-refractivity contribution in [2.24, 2.45) is 12.8 Å². The number of nitrogens with zero attached hydrogens (tertiary/aromatic N) is 5. The van der Waals surface area contributed by atoms with Gasteiger partial charge in [0.1, 0.15) is 5.82 Å². The molecule has 0 bridgehead atoms. The van der Waals surface area contributed by atoms with E-state index in [0.717, 1.165) is 18.7 Å². The van der Waals surface area contributed by atoms with Gasteiger partial charge >= 0.3 is 0 Å². The number of hydrogen-bond acceptors (Lipinski definition) is 6. The molecule has 106 valence electrons. The van der Waals surface area contributed by atoms with Gasteiger partial charge in [-0.3, -0.25) is 9.69 Å². The first-order valence-electron chi connectivity index (χ1n) is 6.46. The topological polar surface area (TPSA) is 103 Å². The molecule has 1 amide bonds. The van der Waals surface area contributed by atoms with Gasteiger partial charge in [0.15, 0.2) is 0 Å². The van der Waals surface area contributed by atoms with E-state index in [9.17, 15) is 4.79 Å². The van der Waals surface area contributed by atoms with Gasteiger partial charge in [0.05, 0.1) is 13.1 Å². The fraction of sp³-hybridized carbons (Fsp3) is 0.500. The molecule has 2 N–H and O–H groups in total. The zero-order valence-corrected chi connectivity index (χ0v) is 11.2. The minimum absolute atomic E-state index is 0.0762. The summed E-state index contributed by atoms with van der Waals surface area (Å²) >= 11 is 0. The molecule has 8 heteroatoms. The van der Waals surface area contributed by atoms with E-state index in [2.05, 4.69) is 20.0 Å². The van der Waals surface area contributed by atoms with Gasteiger partial charge in [-0.15, -0.1) is 0 Å². The molecule has 2 aromatic rings. The summed E-state index contributed by atoms with van der Waals surface area (Å²) in [6.45, 7) is 1.21. The standard InChI is InChI=1S/C12H16N6O2/c1-17-5-4-14-9(17)6-18(8-2-3-8)7-10-15-12(11(13)19)16-20-10/h4-5,8H,2-3,6-7H2,1H3,(H2,13,19). The monoisotopic (exact) mass is 276 g/mol. The van der Waals surface area contributed by atoms with Crippen LogP contribution in [-0.2, 0) is 20.1 Å². The molecule has 0 aromatic carbocycles. The van der Waals surface area contributed by atoms with Crippen LogP contribution in [0, 0.1) is 0 Å². The van der Waals surface area contributed by atoms with Gasteiger partial charge < -0.3 is 14.8 Å². The van der Waals surface area contributed by atoms with Gasteiger partial charge in [0.2, 0.25) is 5.89 Å². The van der Waals surface area contributed by atoms with E-state index in [1.807, 2.05) is 17.8 Å². The highest BCUT2D eigenvalue weighted by molar-refractivity contribution is 5.88. The van der Waals surface area contributed by atoms with Crippen molar-refractivity contribution in [3.8, 4) is 0 Å². The molecule has 1 saturated carbocycles. The molecule has 20 heavy (non-hydrogen) atoms. The quantitative estimate of drug-likeness (QED) is 0.800. The Bertz CT molecular complexity index is 615. The lowest BCUT2D eigenvalue weighted by Gasteiger charge is -2.19. The number of carbonyl (C=O) groups is 1. The Kier molecular flexibility index (Phi) is 3.23. The van der Waals surface area contributed by atoms with Crippen LogP contribution >= 0.6 is 0 Å². The number of carbonyl (C=O) groups excluding carboxylic acids is 1. The molecule has 1 aliphatic carbocycles. The van der Waals surface area contributed by atoms with Gasteiger partial charge in [-0.1, -0.05) is 5.16 Å². The molecule has 0 unspecified atom stereocenters. The summed E-state index contributed by atoms with van der Waals surface area (Å²) in [6, 6.07) is 0.510. The second kappa shape index (κ2) is 5.04. The Balaban J connectivity index is 1.71. The van der Waals surface area contributed by atoms with Crippen LogP contribution in [0.3, 0.4) is 0 Å². The third kappa shape index (κ3) is 2.69. The lowest BCUT2D eigenvalue weighted by atomic mass is 10.4. The first kappa shape index (κ1) is 12.8. The molecule has 8 nitrogen and oxygen atoms in total. The van der Waals surface area contributed by atoms with Crippen LogP contribution in [0.5, 0.6) is 0 Å². The van der Waals surface area contributed by atoms with Crippen molar-refractivity contribution in [2.45, 2.75) is 32.0 Å². The van der Waals surface area contributed by atoms with E-state index in [4.69, 9.17) is 10.3 Å².